The first-order valence-electron chi connectivity index (χ1n) is 7.90. The number of aromatic carboxylic acids is 1. The van der Waals surface area contributed by atoms with Crippen LogP contribution < -0.4 is 4.74 Å². The summed E-state index contributed by atoms with van der Waals surface area (Å²) in [7, 11) is 0. The predicted molar refractivity (Wildman–Crippen MR) is 91.5 cm³/mol. The molecule has 3 rings (SSSR count). The zero-order chi connectivity index (χ0) is 17.4. The van der Waals surface area contributed by atoms with Crippen LogP contribution in [0.1, 0.15) is 48.5 Å². The van der Waals surface area contributed by atoms with Crippen molar-refractivity contribution in [2.45, 2.75) is 38.7 Å². The highest BCUT2D eigenvalue weighted by Crippen LogP contribution is 2.50. The van der Waals surface area contributed by atoms with Gasteiger partial charge in [0.2, 0.25) is 0 Å². The third-order valence-corrected chi connectivity index (χ3v) is 4.35. The summed E-state index contributed by atoms with van der Waals surface area (Å²) < 4.78 is 19.0. The topological polar surface area (TPSA) is 46.5 Å². The van der Waals surface area contributed by atoms with E-state index < -0.39 is 5.97 Å². The minimum Gasteiger partial charge on any atom is -0.489 e. The highest BCUT2D eigenvalue weighted by atomic mass is 35.5. The van der Waals surface area contributed by atoms with Gasteiger partial charge in [0.25, 0.3) is 0 Å². The van der Waals surface area contributed by atoms with E-state index in [-0.39, 0.29) is 34.2 Å². The molecule has 0 heterocycles. The first-order valence-corrected chi connectivity index (χ1v) is 8.28. The van der Waals surface area contributed by atoms with E-state index in [4.69, 9.17) is 16.3 Å². The lowest BCUT2D eigenvalue weighted by atomic mass is 9.93. The van der Waals surface area contributed by atoms with Crippen LogP contribution in [-0.4, -0.2) is 17.2 Å². The van der Waals surface area contributed by atoms with E-state index in [0.29, 0.717) is 0 Å². The summed E-state index contributed by atoms with van der Waals surface area (Å²) in [6.07, 6.45) is 1.77. The molecule has 0 amide bonds. The summed E-state index contributed by atoms with van der Waals surface area (Å²) in [6, 6.07) is 7.71. The van der Waals surface area contributed by atoms with Gasteiger partial charge in [-0.1, -0.05) is 23.7 Å². The van der Waals surface area contributed by atoms with Crippen LogP contribution in [0.3, 0.4) is 0 Å². The van der Waals surface area contributed by atoms with Gasteiger partial charge in [-0.3, -0.25) is 0 Å². The molecule has 1 aliphatic rings. The molecule has 0 atom stereocenters. The van der Waals surface area contributed by atoms with E-state index in [0.717, 1.165) is 29.5 Å². The maximum Gasteiger partial charge on any atom is 0.339 e. The number of carbonyl (C=O) groups is 1. The number of rotatable bonds is 5. The quantitative estimate of drug-likeness (QED) is 0.775. The van der Waals surface area contributed by atoms with Crippen LogP contribution >= 0.6 is 11.6 Å². The Morgan fingerprint density at radius 3 is 2.42 bits per heavy atom. The molecular weight excluding hydrogens is 331 g/mol. The second kappa shape index (κ2) is 6.44. The number of benzene rings is 2. The number of hydrogen-bond acceptors (Lipinski definition) is 2. The van der Waals surface area contributed by atoms with E-state index in [1.165, 1.54) is 12.1 Å². The maximum atomic E-state index is 13.3. The average Bonchev–Trinajstić information content (AvgIpc) is 3.34. The van der Waals surface area contributed by atoms with Crippen molar-refractivity contribution in [2.24, 2.45) is 0 Å². The van der Waals surface area contributed by atoms with Gasteiger partial charge in [0.05, 0.1) is 11.1 Å². The van der Waals surface area contributed by atoms with Crippen molar-refractivity contribution in [3.63, 3.8) is 0 Å². The highest BCUT2D eigenvalue weighted by molar-refractivity contribution is 6.35. The molecule has 0 radical (unpaired) electrons. The van der Waals surface area contributed by atoms with Gasteiger partial charge in [-0.05, 0) is 61.9 Å². The molecule has 0 aliphatic heterocycles. The molecule has 0 unspecified atom stereocenters. The molecule has 1 N–H and O–H groups in total. The fourth-order valence-corrected chi connectivity index (χ4v) is 3.15. The Bertz CT molecular complexity index is 780. The van der Waals surface area contributed by atoms with Gasteiger partial charge in [-0.25, -0.2) is 9.18 Å². The van der Waals surface area contributed by atoms with Crippen LogP contribution in [-0.2, 0) is 0 Å². The van der Waals surface area contributed by atoms with Crippen LogP contribution in [0.5, 0.6) is 5.75 Å². The molecule has 1 aliphatic carbocycles. The van der Waals surface area contributed by atoms with E-state index in [2.05, 4.69) is 0 Å². The fraction of sp³-hybridized carbons (Fsp3) is 0.316. The summed E-state index contributed by atoms with van der Waals surface area (Å²) >= 11 is 6.57. The number of carboxylic acid groups (broad SMARTS) is 1. The summed E-state index contributed by atoms with van der Waals surface area (Å²) in [5.74, 6) is -0.944. The first-order chi connectivity index (χ1) is 11.4. The number of halogens is 2. The molecule has 126 valence electrons. The SMILES string of the molecule is CC(C)Oc1c(C(=O)O)cc(C2CC2)c(-c2ccc(F)cc2)c1Cl. The van der Waals surface area contributed by atoms with Gasteiger partial charge in [0.1, 0.15) is 11.4 Å². The maximum absolute atomic E-state index is 13.3. The molecule has 0 saturated heterocycles. The number of ether oxygens (including phenoxy) is 1. The lowest BCUT2D eigenvalue weighted by Crippen LogP contribution is -2.12. The second-order valence-corrected chi connectivity index (χ2v) is 6.66. The molecular formula is C19H18ClFO3. The van der Waals surface area contributed by atoms with Gasteiger partial charge in [0.15, 0.2) is 5.75 Å². The average molecular weight is 349 g/mol. The van der Waals surface area contributed by atoms with E-state index >= 15 is 0 Å². The second-order valence-electron chi connectivity index (χ2n) is 6.28. The largest absolute Gasteiger partial charge is 0.489 e. The first kappa shape index (κ1) is 16.8. The fourth-order valence-electron chi connectivity index (χ4n) is 2.79. The Hall–Kier alpha value is -2.07. The molecule has 0 spiro atoms. The Kier molecular flexibility index (Phi) is 4.50. The molecule has 5 heteroatoms. The third-order valence-electron chi connectivity index (χ3n) is 3.99. The van der Waals surface area contributed by atoms with Gasteiger partial charge in [0, 0.05) is 5.56 Å². The van der Waals surface area contributed by atoms with Gasteiger partial charge >= 0.3 is 5.97 Å². The Morgan fingerprint density at radius 1 is 1.29 bits per heavy atom. The molecule has 0 bridgehead atoms. The monoisotopic (exact) mass is 348 g/mol. The smallest absolute Gasteiger partial charge is 0.339 e. The van der Waals surface area contributed by atoms with E-state index in [9.17, 15) is 14.3 Å². The van der Waals surface area contributed by atoms with Crippen molar-refractivity contribution in [1.29, 1.82) is 0 Å². The van der Waals surface area contributed by atoms with Crippen LogP contribution in [0.15, 0.2) is 30.3 Å². The van der Waals surface area contributed by atoms with Crippen LogP contribution in [0, 0.1) is 5.82 Å². The summed E-state index contributed by atoms with van der Waals surface area (Å²) in [4.78, 5) is 11.7. The van der Waals surface area contributed by atoms with Crippen molar-refractivity contribution in [1.82, 2.24) is 0 Å². The van der Waals surface area contributed by atoms with Crippen molar-refractivity contribution in [2.75, 3.05) is 0 Å². The normalized spacial score (nSPS) is 14.0. The van der Waals surface area contributed by atoms with Gasteiger partial charge in [-0.15, -0.1) is 0 Å². The Balaban J connectivity index is 2.25. The van der Waals surface area contributed by atoms with E-state index in [1.54, 1.807) is 18.2 Å². The molecule has 1 fully saturated rings. The minimum absolute atomic E-state index is 0.0708. The molecule has 2 aromatic rings. The molecule has 0 aromatic heterocycles. The zero-order valence-electron chi connectivity index (χ0n) is 13.5. The van der Waals surface area contributed by atoms with Crippen LogP contribution in [0.4, 0.5) is 4.39 Å². The van der Waals surface area contributed by atoms with Gasteiger partial charge < -0.3 is 9.84 Å². The van der Waals surface area contributed by atoms with Crippen LogP contribution in [0.25, 0.3) is 11.1 Å². The molecule has 24 heavy (non-hydrogen) atoms. The zero-order valence-corrected chi connectivity index (χ0v) is 14.2. The Labute approximate surface area is 145 Å². The van der Waals surface area contributed by atoms with Crippen molar-refractivity contribution in [3.8, 4) is 16.9 Å². The standard InChI is InChI=1S/C19H18ClFO3/c1-10(2)24-18-15(19(22)23)9-14(11-3-4-11)16(17(18)20)12-5-7-13(21)8-6-12/h5-11H,3-4H2,1-2H3,(H,22,23). The summed E-state index contributed by atoms with van der Waals surface area (Å²) in [6.45, 7) is 3.63. The third kappa shape index (κ3) is 3.24. The lowest BCUT2D eigenvalue weighted by molar-refractivity contribution is 0.0690. The number of hydrogen-bond donors (Lipinski definition) is 1. The van der Waals surface area contributed by atoms with Crippen molar-refractivity contribution in [3.05, 3.63) is 52.3 Å². The van der Waals surface area contributed by atoms with Crippen molar-refractivity contribution < 1.29 is 19.0 Å². The summed E-state index contributed by atoms with van der Waals surface area (Å²) in [5, 5.41) is 9.81. The number of carboxylic acids is 1. The lowest BCUT2D eigenvalue weighted by Gasteiger charge is -2.20. The predicted octanol–water partition coefficient (Wildman–Crippen LogP) is 5.51. The van der Waals surface area contributed by atoms with Gasteiger partial charge in [-0.2, -0.15) is 0 Å². The summed E-state index contributed by atoms with van der Waals surface area (Å²) in [5.41, 5.74) is 2.45. The van der Waals surface area contributed by atoms with E-state index in [1.807, 2.05) is 13.8 Å². The molecule has 1 saturated carbocycles. The highest BCUT2D eigenvalue weighted by Gasteiger charge is 2.32. The Morgan fingerprint density at radius 2 is 1.92 bits per heavy atom. The molecule has 2 aromatic carbocycles. The van der Waals surface area contributed by atoms with Crippen molar-refractivity contribution >= 4 is 17.6 Å². The minimum atomic E-state index is -1.07. The molecule has 3 nitrogen and oxygen atoms in total. The van der Waals surface area contributed by atoms with Crippen LogP contribution in [0.2, 0.25) is 5.02 Å².